The van der Waals surface area contributed by atoms with Crippen LogP contribution in [-0.4, -0.2) is 5.11 Å². The van der Waals surface area contributed by atoms with E-state index in [1.54, 1.807) is 12.1 Å². The highest BCUT2D eigenvalue weighted by molar-refractivity contribution is 5.49. The van der Waals surface area contributed by atoms with Crippen LogP contribution >= 0.6 is 0 Å². The summed E-state index contributed by atoms with van der Waals surface area (Å²) < 4.78 is 39.5. The number of phenols is 1. The number of phenolic OH excluding ortho intramolecular Hbond substituents is 1. The Labute approximate surface area is 120 Å². The van der Waals surface area contributed by atoms with Gasteiger partial charge in [0.1, 0.15) is 5.75 Å². The zero-order chi connectivity index (χ0) is 15.0. The first-order chi connectivity index (χ1) is 10.0. The van der Waals surface area contributed by atoms with Gasteiger partial charge in [0.15, 0.2) is 17.5 Å². The van der Waals surface area contributed by atoms with E-state index in [2.05, 4.69) is 5.32 Å². The molecule has 0 spiro atoms. The van der Waals surface area contributed by atoms with Gasteiger partial charge in [0.05, 0.1) is 6.04 Å². The van der Waals surface area contributed by atoms with Crippen molar-refractivity contribution in [3.8, 4) is 5.75 Å². The Morgan fingerprint density at radius 1 is 1.05 bits per heavy atom. The second kappa shape index (κ2) is 5.31. The largest absolute Gasteiger partial charge is 0.508 e. The summed E-state index contributed by atoms with van der Waals surface area (Å²) in [5.41, 5.74) is 2.19. The van der Waals surface area contributed by atoms with Gasteiger partial charge in [0.2, 0.25) is 0 Å². The summed E-state index contributed by atoms with van der Waals surface area (Å²) in [4.78, 5) is 0. The normalized spacial score (nSPS) is 17.4. The Hall–Kier alpha value is -2.17. The van der Waals surface area contributed by atoms with Crippen molar-refractivity contribution in [1.82, 2.24) is 0 Å². The number of hydrogen-bond donors (Lipinski definition) is 2. The summed E-state index contributed by atoms with van der Waals surface area (Å²) in [5, 5.41) is 12.6. The van der Waals surface area contributed by atoms with Gasteiger partial charge in [-0.05, 0) is 42.5 Å². The zero-order valence-corrected chi connectivity index (χ0v) is 11.2. The predicted octanol–water partition coefficient (Wildman–Crippen LogP) is 4.30. The van der Waals surface area contributed by atoms with Gasteiger partial charge in [-0.3, -0.25) is 0 Å². The molecule has 0 aliphatic heterocycles. The maximum atomic E-state index is 13.3. The second-order valence-electron chi connectivity index (χ2n) is 5.23. The molecule has 3 rings (SSSR count). The van der Waals surface area contributed by atoms with E-state index in [-0.39, 0.29) is 17.5 Å². The molecule has 1 aliphatic carbocycles. The summed E-state index contributed by atoms with van der Waals surface area (Å²) in [7, 11) is 0. The number of aryl methyl sites for hydroxylation is 1. The highest BCUT2D eigenvalue weighted by atomic mass is 19.2. The number of aromatic hydroxyl groups is 1. The van der Waals surface area contributed by atoms with E-state index >= 15 is 0 Å². The summed E-state index contributed by atoms with van der Waals surface area (Å²) in [6.45, 7) is 0. The molecule has 0 fully saturated rings. The van der Waals surface area contributed by atoms with E-state index in [1.807, 2.05) is 6.07 Å². The van der Waals surface area contributed by atoms with Gasteiger partial charge in [0.25, 0.3) is 0 Å². The number of rotatable bonds is 2. The Balaban J connectivity index is 1.92. The van der Waals surface area contributed by atoms with Gasteiger partial charge in [-0.2, -0.15) is 0 Å². The van der Waals surface area contributed by atoms with Crippen LogP contribution in [0.4, 0.5) is 18.9 Å². The smallest absolute Gasteiger partial charge is 0.194 e. The lowest BCUT2D eigenvalue weighted by Crippen LogP contribution is -2.17. The minimum atomic E-state index is -1.47. The summed E-state index contributed by atoms with van der Waals surface area (Å²) in [6, 6.07) is 6.85. The molecule has 0 amide bonds. The first-order valence-corrected chi connectivity index (χ1v) is 6.77. The maximum Gasteiger partial charge on any atom is 0.194 e. The van der Waals surface area contributed by atoms with Crippen molar-refractivity contribution in [2.24, 2.45) is 0 Å². The molecule has 0 heterocycles. The average Bonchev–Trinajstić information content (AvgIpc) is 2.45. The molecule has 1 unspecified atom stereocenters. The lowest BCUT2D eigenvalue weighted by Gasteiger charge is -2.27. The van der Waals surface area contributed by atoms with E-state index in [4.69, 9.17) is 0 Å². The molecular formula is C16H14F3NO. The molecule has 1 aliphatic rings. The maximum absolute atomic E-state index is 13.3. The van der Waals surface area contributed by atoms with Crippen LogP contribution in [0.1, 0.15) is 30.0 Å². The molecule has 21 heavy (non-hydrogen) atoms. The summed E-state index contributed by atoms with van der Waals surface area (Å²) >= 11 is 0. The van der Waals surface area contributed by atoms with Gasteiger partial charge in [-0.25, -0.2) is 13.2 Å². The Bertz CT molecular complexity index is 664. The van der Waals surface area contributed by atoms with Crippen LogP contribution in [-0.2, 0) is 6.42 Å². The Morgan fingerprint density at radius 3 is 2.48 bits per heavy atom. The first kappa shape index (κ1) is 13.8. The van der Waals surface area contributed by atoms with Gasteiger partial charge in [-0.15, -0.1) is 0 Å². The van der Waals surface area contributed by atoms with Crippen LogP contribution in [0.3, 0.4) is 0 Å². The lowest BCUT2D eigenvalue weighted by atomic mass is 9.87. The molecule has 2 aromatic rings. The van der Waals surface area contributed by atoms with Crippen molar-refractivity contribution >= 4 is 5.69 Å². The molecule has 0 radical (unpaired) electrons. The highest BCUT2D eigenvalue weighted by Gasteiger charge is 2.21. The molecule has 2 aromatic carbocycles. The van der Waals surface area contributed by atoms with Crippen LogP contribution in [0.2, 0.25) is 0 Å². The number of benzene rings is 2. The number of fused-ring (bicyclic) bond motifs is 1. The number of hydrogen-bond acceptors (Lipinski definition) is 2. The molecule has 2 nitrogen and oxygen atoms in total. The molecule has 2 N–H and O–H groups in total. The fourth-order valence-electron chi connectivity index (χ4n) is 2.78. The third-order valence-corrected chi connectivity index (χ3v) is 3.77. The molecule has 0 saturated carbocycles. The average molecular weight is 293 g/mol. The molecule has 0 saturated heterocycles. The quantitative estimate of drug-likeness (QED) is 0.809. The summed E-state index contributed by atoms with van der Waals surface area (Å²) in [5.74, 6) is -3.75. The van der Waals surface area contributed by atoms with Crippen molar-refractivity contribution in [2.45, 2.75) is 25.3 Å². The first-order valence-electron chi connectivity index (χ1n) is 6.77. The Morgan fingerprint density at radius 2 is 1.76 bits per heavy atom. The van der Waals surface area contributed by atoms with Gasteiger partial charge in [-0.1, -0.05) is 6.07 Å². The van der Waals surface area contributed by atoms with Crippen molar-refractivity contribution < 1.29 is 18.3 Å². The SMILES string of the molecule is Oc1ccc2c(c1)C(Nc1cc(F)c(F)c(F)c1)CCC2. The Kier molecular flexibility index (Phi) is 3.49. The van der Waals surface area contributed by atoms with Gasteiger partial charge < -0.3 is 10.4 Å². The molecule has 0 bridgehead atoms. The predicted molar refractivity (Wildman–Crippen MR) is 73.7 cm³/mol. The zero-order valence-electron chi connectivity index (χ0n) is 11.2. The minimum absolute atomic E-state index is 0.152. The molecule has 110 valence electrons. The number of anilines is 1. The minimum Gasteiger partial charge on any atom is -0.508 e. The second-order valence-corrected chi connectivity index (χ2v) is 5.23. The van der Waals surface area contributed by atoms with Crippen molar-refractivity contribution in [3.63, 3.8) is 0 Å². The molecular weight excluding hydrogens is 279 g/mol. The van der Waals surface area contributed by atoms with Crippen molar-refractivity contribution in [1.29, 1.82) is 0 Å². The monoisotopic (exact) mass is 293 g/mol. The van der Waals surface area contributed by atoms with E-state index in [9.17, 15) is 18.3 Å². The van der Waals surface area contributed by atoms with Crippen molar-refractivity contribution in [3.05, 3.63) is 58.9 Å². The fourth-order valence-corrected chi connectivity index (χ4v) is 2.78. The van der Waals surface area contributed by atoms with E-state index in [0.717, 1.165) is 42.5 Å². The van der Waals surface area contributed by atoms with Crippen molar-refractivity contribution in [2.75, 3.05) is 5.32 Å². The number of halogens is 3. The number of nitrogens with one attached hydrogen (secondary N) is 1. The van der Waals surface area contributed by atoms with E-state index in [1.165, 1.54) is 0 Å². The fraction of sp³-hybridized carbons (Fsp3) is 0.250. The third-order valence-electron chi connectivity index (χ3n) is 3.77. The molecule has 1 atom stereocenters. The molecule has 5 heteroatoms. The standard InChI is InChI=1S/C16H14F3NO/c17-13-6-10(7-14(18)16(13)19)20-15-3-1-2-9-4-5-11(21)8-12(9)15/h4-8,15,20-21H,1-3H2. The topological polar surface area (TPSA) is 32.3 Å². The van der Waals surface area contributed by atoms with Crippen LogP contribution in [0.15, 0.2) is 30.3 Å². The third kappa shape index (κ3) is 2.68. The summed E-state index contributed by atoms with van der Waals surface area (Å²) in [6.07, 6.45) is 2.61. The lowest BCUT2D eigenvalue weighted by molar-refractivity contribution is 0.447. The van der Waals surface area contributed by atoms with Crippen LogP contribution in [0.5, 0.6) is 5.75 Å². The van der Waals surface area contributed by atoms with E-state index < -0.39 is 17.5 Å². The van der Waals surface area contributed by atoms with Gasteiger partial charge >= 0.3 is 0 Å². The van der Waals surface area contributed by atoms with Crippen LogP contribution in [0, 0.1) is 17.5 Å². The molecule has 0 aromatic heterocycles. The van der Waals surface area contributed by atoms with Crippen LogP contribution < -0.4 is 5.32 Å². The van der Waals surface area contributed by atoms with Crippen LogP contribution in [0.25, 0.3) is 0 Å². The van der Waals surface area contributed by atoms with E-state index in [0.29, 0.717) is 0 Å². The van der Waals surface area contributed by atoms with Gasteiger partial charge in [0, 0.05) is 17.8 Å². The highest BCUT2D eigenvalue weighted by Crippen LogP contribution is 2.34.